The molecule has 0 saturated carbocycles. The van der Waals surface area contributed by atoms with Gasteiger partial charge in [0.15, 0.2) is 0 Å². The third kappa shape index (κ3) is 5.43. The van der Waals surface area contributed by atoms with Gasteiger partial charge in [-0.25, -0.2) is 9.78 Å². The average molecular weight is 402 g/mol. The molecule has 0 aliphatic rings. The second-order valence-electron chi connectivity index (χ2n) is 6.04. The van der Waals surface area contributed by atoms with Crippen molar-refractivity contribution in [2.45, 2.75) is 33.2 Å². The van der Waals surface area contributed by atoms with Gasteiger partial charge in [-0.15, -0.1) is 24.5 Å². The number of carboxylic acid groups (broad SMARTS) is 1. The second-order valence-corrected chi connectivity index (χ2v) is 7.04. The molecule has 1 atom stereocenters. The normalized spacial score (nSPS) is 12.7. The van der Waals surface area contributed by atoms with Crippen molar-refractivity contribution >= 4 is 23.2 Å². The summed E-state index contributed by atoms with van der Waals surface area (Å²) >= 11 is 1.03. The molecule has 1 amide bonds. The molecular weight excluding hydrogens is 385 g/mol. The van der Waals surface area contributed by atoms with Gasteiger partial charge in [0.25, 0.3) is 5.91 Å². The molecule has 0 bridgehead atoms. The Morgan fingerprint density at radius 2 is 1.81 bits per heavy atom. The van der Waals surface area contributed by atoms with E-state index in [1.807, 2.05) is 0 Å². The van der Waals surface area contributed by atoms with Crippen LogP contribution >= 0.6 is 11.3 Å². The highest BCUT2D eigenvalue weighted by molar-refractivity contribution is 7.17. The van der Waals surface area contributed by atoms with E-state index in [2.05, 4.69) is 15.0 Å². The summed E-state index contributed by atoms with van der Waals surface area (Å²) in [5, 5.41) is 12.1. The number of amides is 1. The molecule has 0 saturated heterocycles. The zero-order valence-electron chi connectivity index (χ0n) is 14.6. The largest absolute Gasteiger partial charge is 0.573 e. The van der Waals surface area contributed by atoms with Gasteiger partial charge < -0.3 is 15.2 Å². The van der Waals surface area contributed by atoms with Gasteiger partial charge in [-0.1, -0.05) is 13.8 Å². The van der Waals surface area contributed by atoms with Crippen LogP contribution in [-0.4, -0.2) is 34.4 Å². The number of thiazole rings is 1. The predicted octanol–water partition coefficient (Wildman–Crippen LogP) is 3.86. The van der Waals surface area contributed by atoms with Crippen molar-refractivity contribution in [3.05, 3.63) is 34.8 Å². The van der Waals surface area contributed by atoms with Crippen LogP contribution in [-0.2, 0) is 4.79 Å². The van der Waals surface area contributed by atoms with E-state index >= 15 is 0 Å². The Morgan fingerprint density at radius 3 is 2.30 bits per heavy atom. The van der Waals surface area contributed by atoms with Crippen LogP contribution in [0.2, 0.25) is 0 Å². The standard InChI is InChI=1S/C17H17F3N2O4S/c1-8(2)12(16(24)25)22-14(23)13-9(3)21-15(27-13)10-4-6-11(7-5-10)26-17(18,19)20/h4-8,12H,1-3H3,(H,22,23)(H,24,25)/t12-/m0/s1. The highest BCUT2D eigenvalue weighted by Crippen LogP contribution is 2.30. The number of carboxylic acids is 1. The van der Waals surface area contributed by atoms with E-state index in [0.717, 1.165) is 23.5 Å². The molecule has 27 heavy (non-hydrogen) atoms. The van der Waals surface area contributed by atoms with Gasteiger partial charge in [0.05, 0.1) is 5.69 Å². The Bertz CT molecular complexity index is 832. The summed E-state index contributed by atoms with van der Waals surface area (Å²) in [5.74, 6) is -2.37. The molecule has 1 aromatic heterocycles. The summed E-state index contributed by atoms with van der Waals surface area (Å²) in [6.45, 7) is 4.95. The number of aryl methyl sites for hydroxylation is 1. The predicted molar refractivity (Wildman–Crippen MR) is 92.7 cm³/mol. The highest BCUT2D eigenvalue weighted by atomic mass is 32.1. The first kappa shape index (κ1) is 20.7. The molecule has 10 heteroatoms. The molecule has 6 nitrogen and oxygen atoms in total. The van der Waals surface area contributed by atoms with Crippen LogP contribution in [0, 0.1) is 12.8 Å². The number of nitrogens with one attached hydrogen (secondary N) is 1. The van der Waals surface area contributed by atoms with Crippen molar-refractivity contribution in [1.82, 2.24) is 10.3 Å². The van der Waals surface area contributed by atoms with E-state index in [1.54, 1.807) is 20.8 Å². The molecule has 0 radical (unpaired) electrons. The smallest absolute Gasteiger partial charge is 0.480 e. The third-order valence-corrected chi connectivity index (χ3v) is 4.76. The molecule has 2 aromatic rings. The number of alkyl halides is 3. The lowest BCUT2D eigenvalue weighted by atomic mass is 10.0. The number of ether oxygens (including phenoxy) is 1. The van der Waals surface area contributed by atoms with Crippen LogP contribution in [0.25, 0.3) is 10.6 Å². The minimum absolute atomic E-state index is 0.243. The van der Waals surface area contributed by atoms with Crippen molar-refractivity contribution in [3.8, 4) is 16.3 Å². The van der Waals surface area contributed by atoms with E-state index in [9.17, 15) is 27.9 Å². The number of aromatic nitrogens is 1. The van der Waals surface area contributed by atoms with Crippen LogP contribution in [0.5, 0.6) is 5.75 Å². The average Bonchev–Trinajstić information content (AvgIpc) is 2.93. The lowest BCUT2D eigenvalue weighted by Gasteiger charge is -2.17. The molecule has 0 fully saturated rings. The van der Waals surface area contributed by atoms with Crippen molar-refractivity contribution in [3.63, 3.8) is 0 Å². The van der Waals surface area contributed by atoms with E-state index in [4.69, 9.17) is 0 Å². The van der Waals surface area contributed by atoms with Crippen molar-refractivity contribution in [2.24, 2.45) is 5.92 Å². The molecular formula is C17H17F3N2O4S. The topological polar surface area (TPSA) is 88.5 Å². The van der Waals surface area contributed by atoms with Gasteiger partial charge in [-0.3, -0.25) is 4.79 Å². The lowest BCUT2D eigenvalue weighted by Crippen LogP contribution is -2.44. The number of hydrogen-bond acceptors (Lipinski definition) is 5. The number of benzene rings is 1. The van der Waals surface area contributed by atoms with Gasteiger partial charge >= 0.3 is 12.3 Å². The Labute approximate surface area is 157 Å². The zero-order valence-corrected chi connectivity index (χ0v) is 15.4. The van der Waals surface area contributed by atoms with E-state index in [0.29, 0.717) is 16.3 Å². The SMILES string of the molecule is Cc1nc(-c2ccc(OC(F)(F)F)cc2)sc1C(=O)N[C@H](C(=O)O)C(C)C. The summed E-state index contributed by atoms with van der Waals surface area (Å²) in [5.41, 5.74) is 0.909. The minimum Gasteiger partial charge on any atom is -0.480 e. The molecule has 2 N–H and O–H groups in total. The molecule has 1 heterocycles. The van der Waals surface area contributed by atoms with Crippen molar-refractivity contribution in [2.75, 3.05) is 0 Å². The van der Waals surface area contributed by atoms with Gasteiger partial charge in [0.2, 0.25) is 0 Å². The first-order valence-corrected chi connectivity index (χ1v) is 8.67. The molecule has 2 rings (SSSR count). The monoisotopic (exact) mass is 402 g/mol. The van der Waals surface area contributed by atoms with Crippen molar-refractivity contribution in [1.29, 1.82) is 0 Å². The number of nitrogens with zero attached hydrogens (tertiary/aromatic N) is 1. The first-order chi connectivity index (χ1) is 12.5. The van der Waals surface area contributed by atoms with E-state index in [1.165, 1.54) is 12.1 Å². The second kappa shape index (κ2) is 7.95. The fraction of sp³-hybridized carbons (Fsp3) is 0.353. The van der Waals surface area contributed by atoms with Gasteiger partial charge in [-0.2, -0.15) is 0 Å². The number of halogens is 3. The highest BCUT2D eigenvalue weighted by Gasteiger charge is 2.31. The first-order valence-electron chi connectivity index (χ1n) is 7.85. The van der Waals surface area contributed by atoms with Gasteiger partial charge in [-0.05, 0) is 37.1 Å². The number of rotatable bonds is 6. The number of carbonyl (C=O) groups excluding carboxylic acids is 1. The summed E-state index contributed by atoms with van der Waals surface area (Å²) in [6.07, 6.45) is -4.78. The Kier molecular flexibility index (Phi) is 6.09. The maximum Gasteiger partial charge on any atom is 0.573 e. The Balaban J connectivity index is 2.20. The molecule has 146 valence electrons. The molecule has 0 aliphatic carbocycles. The quantitative estimate of drug-likeness (QED) is 0.766. The molecule has 1 aromatic carbocycles. The molecule has 0 aliphatic heterocycles. The van der Waals surface area contributed by atoms with Gasteiger partial charge in [0, 0.05) is 5.56 Å². The van der Waals surface area contributed by atoms with Crippen LogP contribution < -0.4 is 10.1 Å². The fourth-order valence-electron chi connectivity index (χ4n) is 2.25. The van der Waals surface area contributed by atoms with E-state index < -0.39 is 24.3 Å². The van der Waals surface area contributed by atoms with E-state index in [-0.39, 0.29) is 16.5 Å². The maximum atomic E-state index is 12.4. The van der Waals surface area contributed by atoms with Crippen LogP contribution in [0.4, 0.5) is 13.2 Å². The number of aliphatic carboxylic acids is 1. The van der Waals surface area contributed by atoms with Gasteiger partial charge in [0.1, 0.15) is 21.7 Å². The maximum absolute atomic E-state index is 12.4. The summed E-state index contributed by atoms with van der Waals surface area (Å²) in [7, 11) is 0. The lowest BCUT2D eigenvalue weighted by molar-refractivity contribution is -0.274. The Hall–Kier alpha value is -2.62. The zero-order chi connectivity index (χ0) is 20.4. The third-order valence-electron chi connectivity index (χ3n) is 3.56. The molecule has 0 unspecified atom stereocenters. The fourth-order valence-corrected chi connectivity index (χ4v) is 3.22. The summed E-state index contributed by atoms with van der Waals surface area (Å²) in [4.78, 5) is 28.1. The van der Waals surface area contributed by atoms with Crippen LogP contribution in [0.3, 0.4) is 0 Å². The number of hydrogen-bond donors (Lipinski definition) is 2. The van der Waals surface area contributed by atoms with Crippen LogP contribution in [0.15, 0.2) is 24.3 Å². The van der Waals surface area contributed by atoms with Crippen molar-refractivity contribution < 1.29 is 32.6 Å². The minimum atomic E-state index is -4.78. The summed E-state index contributed by atoms with van der Waals surface area (Å²) < 4.78 is 40.4. The summed E-state index contributed by atoms with van der Waals surface area (Å²) in [6, 6.07) is 4.06. The van der Waals surface area contributed by atoms with Crippen LogP contribution in [0.1, 0.15) is 29.2 Å². The Morgan fingerprint density at radius 1 is 1.22 bits per heavy atom. The number of carbonyl (C=O) groups is 2. The molecule has 0 spiro atoms.